The maximum Gasteiger partial charge on any atom is 0.240 e. The maximum absolute atomic E-state index is 10.7. The second kappa shape index (κ2) is 5.05. The molecule has 4 N–H and O–H groups in total. The molecule has 0 saturated heterocycles. The molecule has 1 rings (SSSR count). The first kappa shape index (κ1) is 11.1. The van der Waals surface area contributed by atoms with Crippen LogP contribution in [0.2, 0.25) is 0 Å². The lowest BCUT2D eigenvalue weighted by atomic mass is 10.7. The first-order valence-electron chi connectivity index (χ1n) is 4.24. The summed E-state index contributed by atoms with van der Waals surface area (Å²) >= 11 is 0. The lowest BCUT2D eigenvalue weighted by Gasteiger charge is -2.14. The Bertz CT molecular complexity index is 324. The summed E-state index contributed by atoms with van der Waals surface area (Å²) in [5, 5.41) is 0. The SMILES string of the molecule is CCOCN(C=O)c1nc(N)nc(N)n1. The monoisotopic (exact) mass is 212 g/mol. The standard InChI is InChI=1S/C7H12N6O2/c1-2-15-4-13(3-14)7-11-5(8)10-6(9)12-7/h3H,2,4H2,1H3,(H4,8,9,10,11,12). The highest BCUT2D eigenvalue weighted by Gasteiger charge is 2.10. The number of ether oxygens (including phenoxy) is 1. The van der Waals surface area contributed by atoms with Crippen LogP contribution in [0.3, 0.4) is 0 Å². The van der Waals surface area contributed by atoms with Crippen molar-refractivity contribution < 1.29 is 9.53 Å². The van der Waals surface area contributed by atoms with E-state index in [1.807, 2.05) is 0 Å². The number of nitrogens with two attached hydrogens (primary N) is 2. The van der Waals surface area contributed by atoms with Gasteiger partial charge in [-0.2, -0.15) is 15.0 Å². The Hall–Kier alpha value is -1.96. The molecule has 0 aromatic carbocycles. The van der Waals surface area contributed by atoms with Gasteiger partial charge in [0.1, 0.15) is 6.73 Å². The molecule has 0 aliphatic heterocycles. The topological polar surface area (TPSA) is 120 Å². The third kappa shape index (κ3) is 3.02. The number of hydrogen-bond donors (Lipinski definition) is 2. The molecule has 0 atom stereocenters. The Kier molecular flexibility index (Phi) is 3.75. The Morgan fingerprint density at radius 3 is 2.40 bits per heavy atom. The van der Waals surface area contributed by atoms with Crippen LogP contribution < -0.4 is 16.4 Å². The molecule has 0 unspecified atom stereocenters. The van der Waals surface area contributed by atoms with Crippen LogP contribution in [-0.2, 0) is 9.53 Å². The number of hydrogen-bond acceptors (Lipinski definition) is 7. The highest BCUT2D eigenvalue weighted by atomic mass is 16.5. The molecule has 0 aliphatic carbocycles. The maximum atomic E-state index is 10.7. The minimum atomic E-state index is -0.0409. The summed E-state index contributed by atoms with van der Waals surface area (Å²) in [5.41, 5.74) is 10.7. The molecule has 1 amide bonds. The van der Waals surface area contributed by atoms with Crippen molar-refractivity contribution in [1.82, 2.24) is 15.0 Å². The van der Waals surface area contributed by atoms with E-state index in [1.165, 1.54) is 0 Å². The molecule has 82 valence electrons. The number of rotatable bonds is 5. The summed E-state index contributed by atoms with van der Waals surface area (Å²) in [6.45, 7) is 2.32. The molecule has 8 heteroatoms. The van der Waals surface area contributed by atoms with Crippen LogP contribution in [0.15, 0.2) is 0 Å². The first-order valence-corrected chi connectivity index (χ1v) is 4.24. The second-order valence-corrected chi connectivity index (χ2v) is 2.55. The molecule has 1 aromatic heterocycles. The molecule has 0 fully saturated rings. The molecule has 1 aromatic rings. The summed E-state index contributed by atoms with van der Waals surface area (Å²) < 4.78 is 5.03. The number of aromatic nitrogens is 3. The van der Waals surface area contributed by atoms with Crippen LogP contribution in [0.5, 0.6) is 0 Å². The van der Waals surface area contributed by atoms with Crippen molar-refractivity contribution in [3.8, 4) is 0 Å². The fourth-order valence-electron chi connectivity index (χ4n) is 0.851. The fourth-order valence-corrected chi connectivity index (χ4v) is 0.851. The molecule has 0 spiro atoms. The van der Waals surface area contributed by atoms with E-state index in [0.29, 0.717) is 13.0 Å². The summed E-state index contributed by atoms with van der Waals surface area (Å²) in [7, 11) is 0. The van der Waals surface area contributed by atoms with E-state index in [9.17, 15) is 4.79 Å². The van der Waals surface area contributed by atoms with Crippen LogP contribution in [0.25, 0.3) is 0 Å². The van der Waals surface area contributed by atoms with Gasteiger partial charge in [-0.3, -0.25) is 9.69 Å². The van der Waals surface area contributed by atoms with Crippen molar-refractivity contribution in [3.05, 3.63) is 0 Å². The molecule has 0 saturated carbocycles. The smallest absolute Gasteiger partial charge is 0.240 e. The van der Waals surface area contributed by atoms with Gasteiger partial charge in [0.05, 0.1) is 0 Å². The van der Waals surface area contributed by atoms with Crippen molar-refractivity contribution in [3.63, 3.8) is 0 Å². The lowest BCUT2D eigenvalue weighted by Crippen LogP contribution is -2.27. The highest BCUT2D eigenvalue weighted by Crippen LogP contribution is 2.08. The van der Waals surface area contributed by atoms with E-state index in [2.05, 4.69) is 15.0 Å². The van der Waals surface area contributed by atoms with Crippen LogP contribution >= 0.6 is 0 Å². The average molecular weight is 212 g/mol. The van der Waals surface area contributed by atoms with Crippen molar-refractivity contribution in [2.45, 2.75) is 6.92 Å². The predicted octanol–water partition coefficient (Wildman–Crippen LogP) is -1.01. The predicted molar refractivity (Wildman–Crippen MR) is 53.7 cm³/mol. The zero-order valence-electron chi connectivity index (χ0n) is 8.25. The number of carbonyl (C=O) groups is 1. The molecule has 0 bridgehead atoms. The van der Waals surface area contributed by atoms with E-state index >= 15 is 0 Å². The van der Waals surface area contributed by atoms with E-state index in [1.54, 1.807) is 6.92 Å². The zero-order chi connectivity index (χ0) is 11.3. The summed E-state index contributed by atoms with van der Waals surface area (Å²) in [5.74, 6) is -0.00912. The molecule has 8 nitrogen and oxygen atoms in total. The number of anilines is 3. The number of nitrogens with zero attached hydrogens (tertiary/aromatic N) is 4. The summed E-state index contributed by atoms with van der Waals surface area (Å²) in [4.78, 5) is 22.9. The van der Waals surface area contributed by atoms with E-state index in [0.717, 1.165) is 4.90 Å². The van der Waals surface area contributed by atoms with E-state index in [-0.39, 0.29) is 24.6 Å². The number of nitrogen functional groups attached to an aromatic ring is 2. The van der Waals surface area contributed by atoms with Crippen LogP contribution in [0, 0.1) is 0 Å². The Balaban J connectivity index is 2.86. The second-order valence-electron chi connectivity index (χ2n) is 2.55. The summed E-state index contributed by atoms with van der Waals surface area (Å²) in [6, 6.07) is 0. The van der Waals surface area contributed by atoms with Gasteiger partial charge in [0.15, 0.2) is 0 Å². The minimum absolute atomic E-state index is 0.0409. The third-order valence-electron chi connectivity index (χ3n) is 1.48. The van der Waals surface area contributed by atoms with Crippen molar-refractivity contribution >= 4 is 24.3 Å². The molecule has 0 aliphatic rings. The van der Waals surface area contributed by atoms with Gasteiger partial charge in [-0.25, -0.2) is 0 Å². The van der Waals surface area contributed by atoms with Gasteiger partial charge in [0.2, 0.25) is 24.3 Å². The third-order valence-corrected chi connectivity index (χ3v) is 1.48. The molecule has 1 heterocycles. The first-order chi connectivity index (χ1) is 7.17. The molecule has 15 heavy (non-hydrogen) atoms. The normalized spacial score (nSPS) is 9.93. The molecular weight excluding hydrogens is 200 g/mol. The van der Waals surface area contributed by atoms with Crippen molar-refractivity contribution in [1.29, 1.82) is 0 Å². The van der Waals surface area contributed by atoms with E-state index in [4.69, 9.17) is 16.2 Å². The Morgan fingerprint density at radius 2 is 1.93 bits per heavy atom. The Labute approximate surface area is 86.3 Å². The van der Waals surface area contributed by atoms with Gasteiger partial charge < -0.3 is 16.2 Å². The van der Waals surface area contributed by atoms with Crippen LogP contribution in [-0.4, -0.2) is 34.7 Å². The van der Waals surface area contributed by atoms with Gasteiger partial charge in [-0.05, 0) is 6.92 Å². The van der Waals surface area contributed by atoms with Gasteiger partial charge >= 0.3 is 0 Å². The number of amides is 1. The van der Waals surface area contributed by atoms with Crippen molar-refractivity contribution in [2.24, 2.45) is 0 Å². The fraction of sp³-hybridized carbons (Fsp3) is 0.429. The molecule has 0 radical (unpaired) electrons. The minimum Gasteiger partial charge on any atom is -0.368 e. The van der Waals surface area contributed by atoms with Crippen LogP contribution in [0.1, 0.15) is 6.92 Å². The van der Waals surface area contributed by atoms with Gasteiger partial charge in [0.25, 0.3) is 0 Å². The van der Waals surface area contributed by atoms with Gasteiger partial charge in [-0.1, -0.05) is 0 Å². The van der Waals surface area contributed by atoms with Crippen LogP contribution in [0.4, 0.5) is 17.8 Å². The Morgan fingerprint density at radius 1 is 1.33 bits per heavy atom. The average Bonchev–Trinajstić information content (AvgIpc) is 2.17. The highest BCUT2D eigenvalue weighted by molar-refractivity contribution is 5.71. The largest absolute Gasteiger partial charge is 0.368 e. The molecular formula is C7H12N6O2. The van der Waals surface area contributed by atoms with Crippen molar-refractivity contribution in [2.75, 3.05) is 29.7 Å². The lowest BCUT2D eigenvalue weighted by molar-refractivity contribution is -0.108. The quantitative estimate of drug-likeness (QED) is 0.474. The van der Waals surface area contributed by atoms with E-state index < -0.39 is 0 Å². The summed E-state index contributed by atoms with van der Waals surface area (Å²) in [6.07, 6.45) is 0.532. The number of carbonyl (C=O) groups excluding carboxylic acids is 1. The zero-order valence-corrected chi connectivity index (χ0v) is 8.25. The van der Waals surface area contributed by atoms with Gasteiger partial charge in [-0.15, -0.1) is 0 Å². The van der Waals surface area contributed by atoms with Gasteiger partial charge in [0, 0.05) is 6.61 Å².